The first-order valence-electron chi connectivity index (χ1n) is 5.23. The van der Waals surface area contributed by atoms with Crippen molar-refractivity contribution in [2.24, 2.45) is 0 Å². The van der Waals surface area contributed by atoms with E-state index < -0.39 is 0 Å². The van der Waals surface area contributed by atoms with Gasteiger partial charge in [0, 0.05) is 21.0 Å². The summed E-state index contributed by atoms with van der Waals surface area (Å²) in [5.41, 5.74) is 2.34. The molecule has 0 unspecified atom stereocenters. The van der Waals surface area contributed by atoms with Crippen molar-refractivity contribution in [2.45, 2.75) is 6.92 Å². The number of rotatable bonds is 1. The predicted molar refractivity (Wildman–Crippen MR) is 68.9 cm³/mol. The lowest BCUT2D eigenvalue weighted by Crippen LogP contribution is -1.80. The van der Waals surface area contributed by atoms with E-state index in [2.05, 4.69) is 33.5 Å². The molecule has 0 aliphatic rings. The van der Waals surface area contributed by atoms with Gasteiger partial charge in [-0.1, -0.05) is 18.2 Å². The minimum absolute atomic E-state index is 0.464. The molecule has 3 nitrogen and oxygen atoms in total. The fraction of sp³-hybridized carbons (Fsp3) is 0.0769. The first-order valence-corrected chi connectivity index (χ1v) is 6.11. The second kappa shape index (κ2) is 3.72. The molecule has 0 saturated heterocycles. The van der Waals surface area contributed by atoms with Gasteiger partial charge in [-0.05, 0) is 13.0 Å². The van der Waals surface area contributed by atoms with Crippen LogP contribution >= 0.6 is 11.3 Å². The van der Waals surface area contributed by atoms with Crippen molar-refractivity contribution in [1.82, 2.24) is 9.97 Å². The Bertz CT molecular complexity index is 731. The molecule has 0 aliphatic heterocycles. The number of imidazole rings is 1. The molecule has 4 heteroatoms. The number of aryl methyl sites for hydroxylation is 1. The topological polar surface area (TPSA) is 52.5 Å². The number of nitrogens with one attached hydrogen (secondary N) is 1. The Balaban J connectivity index is 2.31. The number of H-pyrrole nitrogens is 1. The van der Waals surface area contributed by atoms with E-state index in [0.717, 1.165) is 22.5 Å². The van der Waals surface area contributed by atoms with E-state index in [-0.39, 0.29) is 0 Å². The molecule has 0 amide bonds. The van der Waals surface area contributed by atoms with Crippen LogP contribution in [0.4, 0.5) is 0 Å². The van der Waals surface area contributed by atoms with Crippen LogP contribution in [0.3, 0.4) is 0 Å². The van der Waals surface area contributed by atoms with E-state index in [9.17, 15) is 0 Å². The van der Waals surface area contributed by atoms with Crippen molar-refractivity contribution in [2.75, 3.05) is 0 Å². The molecular formula is C13H9N3S. The standard InChI is InChI=1S/C13H9N3S/c1-8-15-11(6-14)13(16-8)10-7-17-12-5-3-2-4-9(10)12/h2-5,7H,1H3,(H,15,16). The molecule has 2 aromatic heterocycles. The average molecular weight is 239 g/mol. The largest absolute Gasteiger partial charge is 0.341 e. The van der Waals surface area contributed by atoms with Gasteiger partial charge in [-0.25, -0.2) is 4.98 Å². The highest BCUT2D eigenvalue weighted by molar-refractivity contribution is 7.17. The van der Waals surface area contributed by atoms with Gasteiger partial charge in [0.2, 0.25) is 0 Å². The van der Waals surface area contributed by atoms with E-state index in [0.29, 0.717) is 5.69 Å². The number of fused-ring (bicyclic) bond motifs is 1. The van der Waals surface area contributed by atoms with E-state index in [1.165, 1.54) is 4.70 Å². The molecule has 0 aliphatic carbocycles. The normalized spacial score (nSPS) is 10.6. The number of aromatic amines is 1. The van der Waals surface area contributed by atoms with Gasteiger partial charge in [-0.15, -0.1) is 11.3 Å². The summed E-state index contributed by atoms with van der Waals surface area (Å²) in [5, 5.41) is 12.3. The number of aromatic nitrogens is 2. The molecule has 0 spiro atoms. The first-order chi connectivity index (χ1) is 8.29. The summed E-state index contributed by atoms with van der Waals surface area (Å²) >= 11 is 1.68. The van der Waals surface area contributed by atoms with Crippen LogP contribution in [0.1, 0.15) is 11.5 Å². The van der Waals surface area contributed by atoms with E-state index in [1.54, 1.807) is 11.3 Å². The maximum Gasteiger partial charge on any atom is 0.166 e. The average Bonchev–Trinajstić information content (AvgIpc) is 2.91. The third-order valence-electron chi connectivity index (χ3n) is 2.68. The van der Waals surface area contributed by atoms with Crippen molar-refractivity contribution < 1.29 is 0 Å². The number of benzene rings is 1. The Morgan fingerprint density at radius 3 is 3.00 bits per heavy atom. The zero-order valence-corrected chi connectivity index (χ0v) is 10.0. The molecule has 0 saturated carbocycles. The maximum atomic E-state index is 9.07. The highest BCUT2D eigenvalue weighted by Gasteiger charge is 2.13. The molecular weight excluding hydrogens is 230 g/mol. The lowest BCUT2D eigenvalue weighted by atomic mass is 10.1. The van der Waals surface area contributed by atoms with E-state index in [1.807, 2.05) is 19.1 Å². The first kappa shape index (κ1) is 10.1. The molecule has 0 bridgehead atoms. The lowest BCUT2D eigenvalue weighted by molar-refractivity contribution is 1.14. The van der Waals surface area contributed by atoms with Gasteiger partial charge in [0.25, 0.3) is 0 Å². The van der Waals surface area contributed by atoms with Gasteiger partial charge in [0.1, 0.15) is 11.9 Å². The molecule has 0 fully saturated rings. The summed E-state index contributed by atoms with van der Waals surface area (Å²) in [4.78, 5) is 7.34. The van der Waals surface area contributed by atoms with E-state index >= 15 is 0 Å². The summed E-state index contributed by atoms with van der Waals surface area (Å²) in [6, 6.07) is 10.3. The fourth-order valence-corrected chi connectivity index (χ4v) is 2.89. The third-order valence-corrected chi connectivity index (χ3v) is 3.64. The highest BCUT2D eigenvalue weighted by atomic mass is 32.1. The minimum atomic E-state index is 0.464. The number of nitrogens with zero attached hydrogens (tertiary/aromatic N) is 2. The summed E-state index contributed by atoms with van der Waals surface area (Å²) < 4.78 is 1.22. The summed E-state index contributed by atoms with van der Waals surface area (Å²) in [6.07, 6.45) is 0. The van der Waals surface area contributed by atoms with Gasteiger partial charge in [0.05, 0.1) is 5.69 Å². The zero-order chi connectivity index (χ0) is 11.8. The Hall–Kier alpha value is -2.12. The van der Waals surface area contributed by atoms with Crippen LogP contribution in [0.25, 0.3) is 21.3 Å². The summed E-state index contributed by atoms with van der Waals surface area (Å²) in [5.74, 6) is 0.770. The molecule has 2 heterocycles. The van der Waals surface area contributed by atoms with Crippen LogP contribution in [0.5, 0.6) is 0 Å². The third kappa shape index (κ3) is 1.52. The van der Waals surface area contributed by atoms with Crippen molar-refractivity contribution in [3.05, 3.63) is 41.2 Å². The molecule has 1 aromatic carbocycles. The van der Waals surface area contributed by atoms with Crippen molar-refractivity contribution in [3.8, 4) is 17.3 Å². The van der Waals surface area contributed by atoms with Crippen molar-refractivity contribution in [1.29, 1.82) is 5.26 Å². The van der Waals surface area contributed by atoms with Crippen LogP contribution in [-0.4, -0.2) is 9.97 Å². The number of thiophene rings is 1. The van der Waals surface area contributed by atoms with Gasteiger partial charge < -0.3 is 4.98 Å². The zero-order valence-electron chi connectivity index (χ0n) is 9.19. The Kier molecular flexibility index (Phi) is 2.20. The van der Waals surface area contributed by atoms with Crippen molar-refractivity contribution in [3.63, 3.8) is 0 Å². The second-order valence-electron chi connectivity index (χ2n) is 3.80. The summed E-state index contributed by atoms with van der Waals surface area (Å²) in [7, 11) is 0. The van der Waals surface area contributed by atoms with Crippen LogP contribution in [-0.2, 0) is 0 Å². The summed E-state index contributed by atoms with van der Waals surface area (Å²) in [6.45, 7) is 1.86. The van der Waals surface area contributed by atoms with Crippen LogP contribution in [0, 0.1) is 18.3 Å². The number of hydrogen-bond acceptors (Lipinski definition) is 3. The Labute approximate surface area is 102 Å². The molecule has 1 N–H and O–H groups in total. The Morgan fingerprint density at radius 2 is 2.18 bits per heavy atom. The van der Waals surface area contributed by atoms with Gasteiger partial charge >= 0.3 is 0 Å². The van der Waals surface area contributed by atoms with E-state index in [4.69, 9.17) is 5.26 Å². The van der Waals surface area contributed by atoms with Crippen LogP contribution < -0.4 is 0 Å². The SMILES string of the molecule is Cc1nc(C#N)c(-c2csc3ccccc23)[nH]1. The molecule has 0 atom stereocenters. The second-order valence-corrected chi connectivity index (χ2v) is 4.71. The van der Waals surface area contributed by atoms with Gasteiger partial charge in [-0.2, -0.15) is 5.26 Å². The van der Waals surface area contributed by atoms with Crippen molar-refractivity contribution >= 4 is 21.4 Å². The minimum Gasteiger partial charge on any atom is -0.341 e. The molecule has 3 rings (SSSR count). The molecule has 17 heavy (non-hydrogen) atoms. The molecule has 82 valence electrons. The quantitative estimate of drug-likeness (QED) is 0.707. The molecule has 0 radical (unpaired) electrons. The van der Waals surface area contributed by atoms with Crippen LogP contribution in [0.15, 0.2) is 29.6 Å². The number of hydrogen-bond donors (Lipinski definition) is 1. The van der Waals surface area contributed by atoms with Gasteiger partial charge in [0.15, 0.2) is 5.69 Å². The smallest absolute Gasteiger partial charge is 0.166 e. The maximum absolute atomic E-state index is 9.07. The molecule has 3 aromatic rings. The number of nitriles is 1. The monoisotopic (exact) mass is 239 g/mol. The van der Waals surface area contributed by atoms with Gasteiger partial charge in [-0.3, -0.25) is 0 Å². The van der Waals surface area contributed by atoms with Crippen LogP contribution in [0.2, 0.25) is 0 Å². The highest BCUT2D eigenvalue weighted by Crippen LogP contribution is 2.34. The Morgan fingerprint density at radius 1 is 1.35 bits per heavy atom. The fourth-order valence-electron chi connectivity index (χ4n) is 1.94. The predicted octanol–water partition coefficient (Wildman–Crippen LogP) is 3.47. The lowest BCUT2D eigenvalue weighted by Gasteiger charge is -1.95.